The average Bonchev–Trinajstić information content (AvgIpc) is 3.32. The predicted molar refractivity (Wildman–Crippen MR) is 157 cm³/mol. The largest absolute Gasteiger partial charge is 0.372 e. The second-order valence-corrected chi connectivity index (χ2v) is 12.9. The normalized spacial score (nSPS) is 28.9. The molecule has 2 amide bonds. The Morgan fingerprint density at radius 1 is 1.07 bits per heavy atom. The van der Waals surface area contributed by atoms with Gasteiger partial charge in [-0.25, -0.2) is 0 Å². The number of nitrogens with zero attached hydrogens (tertiary/aromatic N) is 4. The Balaban J connectivity index is 1.42. The average molecular weight is 562 g/mol. The summed E-state index contributed by atoms with van der Waals surface area (Å²) >= 11 is 0. The van der Waals surface area contributed by atoms with Crippen molar-refractivity contribution in [3.63, 3.8) is 0 Å². The van der Waals surface area contributed by atoms with Crippen LogP contribution < -0.4 is 10.2 Å². The molecule has 4 aliphatic rings. The van der Waals surface area contributed by atoms with Gasteiger partial charge in [0.15, 0.2) is 11.6 Å². The third kappa shape index (κ3) is 5.06. The molecule has 0 spiro atoms. The summed E-state index contributed by atoms with van der Waals surface area (Å²) in [5.41, 5.74) is 3.26. The molecule has 3 aliphatic heterocycles. The molecule has 4 atom stereocenters. The zero-order chi connectivity index (χ0) is 28.9. The highest BCUT2D eigenvalue weighted by atomic mass is 16.2. The minimum Gasteiger partial charge on any atom is -0.372 e. The Bertz CT molecular complexity index is 1390. The summed E-state index contributed by atoms with van der Waals surface area (Å²) in [6.45, 7) is 7.86. The Labute approximate surface area is 242 Å². The summed E-state index contributed by atoms with van der Waals surface area (Å²) in [5.74, 6) is -0.200. The van der Waals surface area contributed by atoms with E-state index in [1.165, 1.54) is 0 Å². The molecule has 6 rings (SSSR count). The van der Waals surface area contributed by atoms with Crippen molar-refractivity contribution in [2.75, 3.05) is 24.5 Å². The van der Waals surface area contributed by atoms with Crippen LogP contribution in [-0.4, -0.2) is 69.8 Å². The van der Waals surface area contributed by atoms with Gasteiger partial charge in [-0.1, -0.05) is 26.7 Å². The molecule has 9 heteroatoms. The van der Waals surface area contributed by atoms with Gasteiger partial charge in [-0.05, 0) is 62.6 Å². The Kier molecular flexibility index (Phi) is 7.41. The molecule has 220 valence electrons. The molecule has 1 N–H and O–H groups in total. The zero-order valence-electron chi connectivity index (χ0n) is 24.7. The lowest BCUT2D eigenvalue weighted by molar-refractivity contribution is -0.139. The molecule has 2 bridgehead atoms. The fourth-order valence-corrected chi connectivity index (χ4v) is 7.59. The number of hydrogen-bond donors (Lipinski definition) is 1. The summed E-state index contributed by atoms with van der Waals surface area (Å²) in [7, 11) is 0. The number of rotatable bonds is 4. The second-order valence-electron chi connectivity index (χ2n) is 12.9. The van der Waals surface area contributed by atoms with Crippen molar-refractivity contribution in [3.05, 3.63) is 23.4 Å². The number of nitrogens with one attached hydrogen (secondary N) is 1. The molecule has 1 aliphatic carbocycles. The van der Waals surface area contributed by atoms with Crippen LogP contribution in [0.4, 0.5) is 5.69 Å². The molecular weight excluding hydrogens is 518 g/mol. The minimum atomic E-state index is -0.477. The number of anilines is 1. The van der Waals surface area contributed by atoms with Gasteiger partial charge in [0.2, 0.25) is 11.8 Å². The SMILES string of the molecule is CCC(=O)[C@@H]1C[C@]23CNC(=O)[C@@H](C)CCCCCc4cc(N5CCCC5)cc5c(C(C)=O)nn(c45)CC(=O)N1[C@@H]2C3. The van der Waals surface area contributed by atoms with Crippen LogP contribution in [0.25, 0.3) is 10.9 Å². The van der Waals surface area contributed by atoms with Crippen LogP contribution in [-0.2, 0) is 27.3 Å². The third-order valence-electron chi connectivity index (χ3n) is 10.1. The number of ketones is 2. The van der Waals surface area contributed by atoms with Crippen LogP contribution >= 0.6 is 0 Å². The molecule has 2 aromatic rings. The topological polar surface area (TPSA) is 105 Å². The summed E-state index contributed by atoms with van der Waals surface area (Å²) in [6.07, 6.45) is 8.62. The first-order valence-corrected chi connectivity index (χ1v) is 15.6. The molecule has 0 unspecified atom stereocenters. The van der Waals surface area contributed by atoms with Crippen LogP contribution in [0.1, 0.15) is 94.6 Å². The monoisotopic (exact) mass is 561 g/mol. The van der Waals surface area contributed by atoms with E-state index in [0.717, 1.165) is 86.6 Å². The summed E-state index contributed by atoms with van der Waals surface area (Å²) in [6, 6.07) is 3.78. The van der Waals surface area contributed by atoms with Crippen molar-refractivity contribution >= 4 is 40.0 Å². The molecule has 2 saturated heterocycles. The first-order chi connectivity index (χ1) is 19.7. The number of benzene rings is 1. The molecule has 9 nitrogen and oxygen atoms in total. The zero-order valence-corrected chi connectivity index (χ0v) is 24.7. The van der Waals surface area contributed by atoms with Gasteiger partial charge in [0.05, 0.1) is 11.6 Å². The van der Waals surface area contributed by atoms with E-state index >= 15 is 0 Å². The van der Waals surface area contributed by atoms with Gasteiger partial charge in [-0.15, -0.1) is 0 Å². The van der Waals surface area contributed by atoms with Crippen molar-refractivity contribution < 1.29 is 19.2 Å². The first-order valence-electron chi connectivity index (χ1n) is 15.6. The number of carbonyl (C=O) groups excluding carboxylic acids is 4. The number of hydrogen-bond acceptors (Lipinski definition) is 6. The first kappa shape index (κ1) is 27.9. The predicted octanol–water partition coefficient (Wildman–Crippen LogP) is 4.05. The molecule has 3 fully saturated rings. The van der Waals surface area contributed by atoms with Crippen molar-refractivity contribution in [2.45, 2.75) is 104 Å². The maximum atomic E-state index is 14.0. The lowest BCUT2D eigenvalue weighted by Crippen LogP contribution is -2.44. The molecule has 1 aromatic heterocycles. The molecule has 41 heavy (non-hydrogen) atoms. The summed E-state index contributed by atoms with van der Waals surface area (Å²) < 4.78 is 1.73. The van der Waals surface area contributed by atoms with Crippen molar-refractivity contribution in [1.82, 2.24) is 20.0 Å². The minimum absolute atomic E-state index is 0.0106. The van der Waals surface area contributed by atoms with Crippen LogP contribution in [0.5, 0.6) is 0 Å². The van der Waals surface area contributed by atoms with Gasteiger partial charge in [0.25, 0.3) is 0 Å². The highest BCUT2D eigenvalue weighted by molar-refractivity contribution is 6.07. The Hall–Kier alpha value is -3.23. The highest BCUT2D eigenvalue weighted by Gasteiger charge is 2.66. The van der Waals surface area contributed by atoms with Gasteiger partial charge in [0, 0.05) is 61.4 Å². The van der Waals surface area contributed by atoms with E-state index in [1.54, 1.807) is 16.5 Å². The number of carbonyl (C=O) groups is 4. The molecule has 1 aromatic carbocycles. The standard InChI is InChI=1S/C32H43N5O4/c1-4-26(39)25-16-32-17-27(32)37(25)28(40)18-36-30-22(11-7-5-6-10-20(2)31(41)33-19-32)14-23(35-12-8-9-13-35)15-24(30)29(34-36)21(3)38/h14-15,20,25,27H,4-13,16-19H2,1-3H3,(H,33,41)/t20-,25-,27+,32-/m0/s1. The van der Waals surface area contributed by atoms with E-state index in [0.29, 0.717) is 25.1 Å². The number of amides is 2. The summed E-state index contributed by atoms with van der Waals surface area (Å²) in [4.78, 5) is 57.0. The quantitative estimate of drug-likeness (QED) is 0.565. The van der Waals surface area contributed by atoms with Crippen LogP contribution in [0.3, 0.4) is 0 Å². The number of aryl methyl sites for hydroxylation is 1. The fourth-order valence-electron chi connectivity index (χ4n) is 7.59. The van der Waals surface area contributed by atoms with E-state index in [2.05, 4.69) is 22.3 Å². The van der Waals surface area contributed by atoms with E-state index in [-0.39, 0.29) is 47.3 Å². The van der Waals surface area contributed by atoms with Crippen molar-refractivity contribution in [2.24, 2.45) is 11.3 Å². The highest BCUT2D eigenvalue weighted by Crippen LogP contribution is 2.59. The van der Waals surface area contributed by atoms with Gasteiger partial charge in [-0.3, -0.25) is 23.9 Å². The second kappa shape index (κ2) is 10.9. The smallest absolute Gasteiger partial charge is 0.245 e. The van der Waals surface area contributed by atoms with Gasteiger partial charge < -0.3 is 15.1 Å². The van der Waals surface area contributed by atoms with Gasteiger partial charge >= 0.3 is 0 Å². The van der Waals surface area contributed by atoms with E-state index < -0.39 is 6.04 Å². The third-order valence-corrected chi connectivity index (χ3v) is 10.1. The molecule has 1 saturated carbocycles. The number of aromatic nitrogens is 2. The van der Waals surface area contributed by atoms with Crippen molar-refractivity contribution in [1.29, 1.82) is 0 Å². The molecular formula is C32H43N5O4. The van der Waals surface area contributed by atoms with E-state index in [4.69, 9.17) is 5.10 Å². The molecule has 0 radical (unpaired) electrons. The molecule has 4 heterocycles. The van der Waals surface area contributed by atoms with E-state index in [9.17, 15) is 19.2 Å². The van der Waals surface area contributed by atoms with Gasteiger partial charge in [-0.2, -0.15) is 5.10 Å². The number of piperidine rings is 1. The lowest BCUT2D eigenvalue weighted by atomic mass is 9.95. The van der Waals surface area contributed by atoms with Crippen LogP contribution in [0.15, 0.2) is 12.1 Å². The van der Waals surface area contributed by atoms with Crippen LogP contribution in [0, 0.1) is 11.3 Å². The summed E-state index contributed by atoms with van der Waals surface area (Å²) in [5, 5.41) is 8.72. The maximum Gasteiger partial charge on any atom is 0.245 e. The van der Waals surface area contributed by atoms with Crippen molar-refractivity contribution in [3.8, 4) is 0 Å². The lowest BCUT2D eigenvalue weighted by Gasteiger charge is -2.26. The van der Waals surface area contributed by atoms with Gasteiger partial charge in [0.1, 0.15) is 12.2 Å². The fraction of sp³-hybridized carbons (Fsp3) is 0.656. The Morgan fingerprint density at radius 2 is 1.85 bits per heavy atom. The Morgan fingerprint density at radius 3 is 2.59 bits per heavy atom. The van der Waals surface area contributed by atoms with Crippen LogP contribution in [0.2, 0.25) is 0 Å². The number of Topliss-reactive ketones (excluding diaryl/α,β-unsaturated/α-hetero) is 2. The maximum absolute atomic E-state index is 14.0. The van der Waals surface area contributed by atoms with E-state index in [1.807, 2.05) is 13.8 Å².